The van der Waals surface area contributed by atoms with E-state index in [9.17, 15) is 0 Å². The van der Waals surface area contributed by atoms with E-state index in [1.165, 1.54) is 16.7 Å². The SMILES string of the molecule is Cc1ccccc1-c1ccc(N)c(Nc2ccccc2)c1. The minimum Gasteiger partial charge on any atom is -0.397 e. The molecule has 0 amide bonds. The quantitative estimate of drug-likeness (QED) is 0.660. The lowest BCUT2D eigenvalue weighted by atomic mass is 10.00. The first kappa shape index (κ1) is 13.3. The summed E-state index contributed by atoms with van der Waals surface area (Å²) in [5, 5.41) is 3.38. The number of benzene rings is 3. The molecule has 3 N–H and O–H groups in total. The van der Waals surface area contributed by atoms with E-state index in [0.717, 1.165) is 17.1 Å². The van der Waals surface area contributed by atoms with Crippen LogP contribution in [0, 0.1) is 6.92 Å². The number of hydrogen-bond acceptors (Lipinski definition) is 2. The Morgan fingerprint density at radius 2 is 1.52 bits per heavy atom. The molecule has 104 valence electrons. The van der Waals surface area contributed by atoms with Crippen LogP contribution in [0.4, 0.5) is 17.1 Å². The summed E-state index contributed by atoms with van der Waals surface area (Å²) in [4.78, 5) is 0. The molecule has 0 unspecified atom stereocenters. The van der Waals surface area contributed by atoms with Crippen LogP contribution < -0.4 is 11.1 Å². The average molecular weight is 274 g/mol. The lowest BCUT2D eigenvalue weighted by Crippen LogP contribution is -1.96. The summed E-state index contributed by atoms with van der Waals surface area (Å²) < 4.78 is 0. The zero-order chi connectivity index (χ0) is 14.7. The average Bonchev–Trinajstić information content (AvgIpc) is 2.51. The second kappa shape index (κ2) is 5.71. The lowest BCUT2D eigenvalue weighted by molar-refractivity contribution is 1.45. The summed E-state index contributed by atoms with van der Waals surface area (Å²) in [7, 11) is 0. The number of aryl methyl sites for hydroxylation is 1. The van der Waals surface area contributed by atoms with Crippen molar-refractivity contribution < 1.29 is 0 Å². The Morgan fingerprint density at radius 3 is 2.29 bits per heavy atom. The highest BCUT2D eigenvalue weighted by molar-refractivity contribution is 5.80. The van der Waals surface area contributed by atoms with Gasteiger partial charge in [0.25, 0.3) is 0 Å². The maximum absolute atomic E-state index is 6.09. The molecule has 0 spiro atoms. The van der Waals surface area contributed by atoms with E-state index in [2.05, 4.69) is 48.6 Å². The summed E-state index contributed by atoms with van der Waals surface area (Å²) in [6, 6.07) is 24.5. The van der Waals surface area contributed by atoms with E-state index >= 15 is 0 Å². The first-order valence-electron chi connectivity index (χ1n) is 7.01. The molecular formula is C19H18N2. The van der Waals surface area contributed by atoms with Gasteiger partial charge in [-0.3, -0.25) is 0 Å². The van der Waals surface area contributed by atoms with E-state index in [1.807, 2.05) is 36.4 Å². The maximum Gasteiger partial charge on any atom is 0.0624 e. The Morgan fingerprint density at radius 1 is 0.810 bits per heavy atom. The Balaban J connectivity index is 1.99. The van der Waals surface area contributed by atoms with Gasteiger partial charge >= 0.3 is 0 Å². The highest BCUT2D eigenvalue weighted by Crippen LogP contribution is 2.30. The molecule has 0 aliphatic heterocycles. The predicted molar refractivity (Wildman–Crippen MR) is 90.8 cm³/mol. The fourth-order valence-electron chi connectivity index (χ4n) is 2.41. The van der Waals surface area contributed by atoms with Crippen LogP contribution in [0.15, 0.2) is 72.8 Å². The molecule has 0 aliphatic carbocycles. The molecule has 3 aromatic rings. The van der Waals surface area contributed by atoms with Gasteiger partial charge in [0.15, 0.2) is 0 Å². The Bertz CT molecular complexity index is 749. The van der Waals surface area contributed by atoms with Crippen molar-refractivity contribution >= 4 is 17.1 Å². The fourth-order valence-corrected chi connectivity index (χ4v) is 2.41. The molecule has 3 rings (SSSR count). The molecule has 0 bridgehead atoms. The minimum atomic E-state index is 0.746. The molecule has 0 fully saturated rings. The van der Waals surface area contributed by atoms with Crippen molar-refractivity contribution in [3.8, 4) is 11.1 Å². The normalized spacial score (nSPS) is 10.3. The van der Waals surface area contributed by atoms with Crippen LogP contribution in [0.3, 0.4) is 0 Å². The van der Waals surface area contributed by atoms with E-state index in [-0.39, 0.29) is 0 Å². The van der Waals surface area contributed by atoms with Gasteiger partial charge in [-0.2, -0.15) is 0 Å². The zero-order valence-electron chi connectivity index (χ0n) is 12.0. The van der Waals surface area contributed by atoms with Crippen molar-refractivity contribution in [2.45, 2.75) is 6.92 Å². The molecule has 0 radical (unpaired) electrons. The number of anilines is 3. The first-order valence-corrected chi connectivity index (χ1v) is 7.01. The third-order valence-electron chi connectivity index (χ3n) is 3.56. The van der Waals surface area contributed by atoms with Gasteiger partial charge in [0.05, 0.1) is 11.4 Å². The van der Waals surface area contributed by atoms with Gasteiger partial charge in [-0.25, -0.2) is 0 Å². The highest BCUT2D eigenvalue weighted by atomic mass is 14.9. The number of rotatable bonds is 3. The van der Waals surface area contributed by atoms with Gasteiger partial charge in [0.1, 0.15) is 0 Å². The fraction of sp³-hybridized carbons (Fsp3) is 0.0526. The van der Waals surface area contributed by atoms with Crippen LogP contribution in [-0.4, -0.2) is 0 Å². The van der Waals surface area contributed by atoms with Crippen LogP contribution in [0.1, 0.15) is 5.56 Å². The second-order valence-electron chi connectivity index (χ2n) is 5.11. The molecule has 0 atom stereocenters. The van der Waals surface area contributed by atoms with Crippen molar-refractivity contribution in [1.82, 2.24) is 0 Å². The molecular weight excluding hydrogens is 256 g/mol. The van der Waals surface area contributed by atoms with Crippen molar-refractivity contribution in [1.29, 1.82) is 0 Å². The van der Waals surface area contributed by atoms with Gasteiger partial charge in [-0.1, -0.05) is 48.5 Å². The minimum absolute atomic E-state index is 0.746. The number of nitrogens with two attached hydrogens (primary N) is 1. The molecule has 0 aromatic heterocycles. The first-order chi connectivity index (χ1) is 10.2. The van der Waals surface area contributed by atoms with Crippen LogP contribution in [0.25, 0.3) is 11.1 Å². The van der Waals surface area contributed by atoms with Crippen molar-refractivity contribution in [3.05, 3.63) is 78.4 Å². The molecule has 0 heterocycles. The monoisotopic (exact) mass is 274 g/mol. The highest BCUT2D eigenvalue weighted by Gasteiger charge is 2.05. The summed E-state index contributed by atoms with van der Waals surface area (Å²) >= 11 is 0. The third kappa shape index (κ3) is 2.90. The number of nitrogen functional groups attached to an aromatic ring is 1. The number of nitrogens with one attached hydrogen (secondary N) is 1. The zero-order valence-corrected chi connectivity index (χ0v) is 12.0. The number of hydrogen-bond donors (Lipinski definition) is 2. The standard InChI is InChI=1S/C19H18N2/c1-14-7-5-6-10-17(14)15-11-12-18(20)19(13-15)21-16-8-3-2-4-9-16/h2-13,21H,20H2,1H3. The van der Waals surface area contributed by atoms with Crippen molar-refractivity contribution in [3.63, 3.8) is 0 Å². The van der Waals surface area contributed by atoms with Crippen LogP contribution in [-0.2, 0) is 0 Å². The molecule has 3 aromatic carbocycles. The summed E-state index contributed by atoms with van der Waals surface area (Å²) in [5.41, 5.74) is 12.5. The molecule has 0 saturated heterocycles. The second-order valence-corrected chi connectivity index (χ2v) is 5.11. The summed E-state index contributed by atoms with van der Waals surface area (Å²) in [6.45, 7) is 2.12. The Labute approximate surface area is 125 Å². The Hall–Kier alpha value is -2.74. The largest absolute Gasteiger partial charge is 0.397 e. The number of para-hydroxylation sites is 1. The summed E-state index contributed by atoms with van der Waals surface area (Å²) in [5.74, 6) is 0. The maximum atomic E-state index is 6.09. The van der Waals surface area contributed by atoms with Crippen LogP contribution in [0.5, 0.6) is 0 Å². The van der Waals surface area contributed by atoms with Crippen LogP contribution >= 0.6 is 0 Å². The topological polar surface area (TPSA) is 38.0 Å². The molecule has 0 saturated carbocycles. The van der Waals surface area contributed by atoms with E-state index in [1.54, 1.807) is 0 Å². The van der Waals surface area contributed by atoms with Gasteiger partial charge in [-0.05, 0) is 47.9 Å². The molecule has 21 heavy (non-hydrogen) atoms. The van der Waals surface area contributed by atoms with E-state index in [0.29, 0.717) is 0 Å². The van der Waals surface area contributed by atoms with Gasteiger partial charge in [-0.15, -0.1) is 0 Å². The van der Waals surface area contributed by atoms with Gasteiger partial charge in [0, 0.05) is 5.69 Å². The van der Waals surface area contributed by atoms with Gasteiger partial charge in [0.2, 0.25) is 0 Å². The Kier molecular flexibility index (Phi) is 3.61. The molecule has 2 nitrogen and oxygen atoms in total. The lowest BCUT2D eigenvalue weighted by Gasteiger charge is -2.12. The third-order valence-corrected chi connectivity index (χ3v) is 3.56. The van der Waals surface area contributed by atoms with E-state index < -0.39 is 0 Å². The predicted octanol–water partition coefficient (Wildman–Crippen LogP) is 4.99. The molecule has 2 heteroatoms. The van der Waals surface area contributed by atoms with E-state index in [4.69, 9.17) is 5.73 Å². The van der Waals surface area contributed by atoms with Crippen molar-refractivity contribution in [2.75, 3.05) is 11.1 Å². The van der Waals surface area contributed by atoms with Gasteiger partial charge < -0.3 is 11.1 Å². The van der Waals surface area contributed by atoms with Crippen LogP contribution in [0.2, 0.25) is 0 Å². The van der Waals surface area contributed by atoms with Crippen molar-refractivity contribution in [2.24, 2.45) is 0 Å². The summed E-state index contributed by atoms with van der Waals surface area (Å²) in [6.07, 6.45) is 0. The molecule has 0 aliphatic rings. The smallest absolute Gasteiger partial charge is 0.0624 e.